The molecule has 5 rings (SSSR count). The average molecular weight is 487 g/mol. The quantitative estimate of drug-likeness (QED) is 0.370. The van der Waals surface area contributed by atoms with Gasteiger partial charge in [0.05, 0.1) is 5.69 Å². The number of hydrogen-bond donors (Lipinski definition) is 3. The molecule has 5 N–H and O–H groups in total. The molecule has 36 heavy (non-hydrogen) atoms. The molecule has 2 aromatic carbocycles. The zero-order chi connectivity index (χ0) is 26.1. The van der Waals surface area contributed by atoms with Gasteiger partial charge in [-0.3, -0.25) is 19.0 Å². The van der Waals surface area contributed by atoms with E-state index in [2.05, 4.69) is 4.98 Å². The Kier molecular flexibility index (Phi) is 9.22. The summed E-state index contributed by atoms with van der Waals surface area (Å²) in [7, 11) is 0. The van der Waals surface area contributed by atoms with Crippen molar-refractivity contribution in [2.24, 2.45) is 11.5 Å². The number of hydrogen-bond acceptors (Lipinski definition) is 3. The van der Waals surface area contributed by atoms with E-state index < -0.39 is 11.8 Å². The summed E-state index contributed by atoms with van der Waals surface area (Å²) in [5.41, 5.74) is 14.9. The Bertz CT molecular complexity index is 1390. The smallest absolute Gasteiger partial charge is 0.255 e. The lowest BCUT2D eigenvalue weighted by Gasteiger charge is -2.09. The first kappa shape index (κ1) is 26.5. The van der Waals surface area contributed by atoms with Crippen molar-refractivity contribution in [1.82, 2.24) is 9.55 Å². The van der Waals surface area contributed by atoms with Crippen molar-refractivity contribution >= 4 is 22.7 Å². The predicted molar refractivity (Wildman–Crippen MR) is 145 cm³/mol. The Balaban J connectivity index is 0.000000167. The van der Waals surface area contributed by atoms with Crippen molar-refractivity contribution < 1.29 is 9.59 Å². The molecule has 4 aromatic rings. The summed E-state index contributed by atoms with van der Waals surface area (Å²) >= 11 is 0. The van der Waals surface area contributed by atoms with E-state index in [4.69, 9.17) is 11.5 Å². The van der Waals surface area contributed by atoms with Gasteiger partial charge in [0.25, 0.3) is 5.56 Å². The van der Waals surface area contributed by atoms with E-state index in [0.29, 0.717) is 11.1 Å². The summed E-state index contributed by atoms with van der Waals surface area (Å²) in [6.45, 7) is 3.85. The lowest BCUT2D eigenvalue weighted by molar-refractivity contribution is 0.0992. The lowest BCUT2D eigenvalue weighted by Crippen LogP contribution is -2.17. The Morgan fingerprint density at radius 1 is 0.778 bits per heavy atom. The molecule has 1 aliphatic carbocycles. The minimum atomic E-state index is -0.472. The van der Waals surface area contributed by atoms with Crippen LogP contribution in [0.5, 0.6) is 0 Å². The van der Waals surface area contributed by atoms with Gasteiger partial charge in [-0.1, -0.05) is 50.7 Å². The zero-order valence-electron chi connectivity index (χ0n) is 20.9. The van der Waals surface area contributed by atoms with Crippen LogP contribution in [0.4, 0.5) is 0 Å². The van der Waals surface area contributed by atoms with Gasteiger partial charge < -0.3 is 16.5 Å². The molecule has 0 atom stereocenters. The third-order valence-electron chi connectivity index (χ3n) is 6.24. The highest BCUT2D eigenvalue weighted by Gasteiger charge is 2.06. The number of aryl methyl sites for hydroxylation is 2. The van der Waals surface area contributed by atoms with E-state index in [1.165, 1.54) is 54.7 Å². The maximum atomic E-state index is 11.7. The van der Waals surface area contributed by atoms with Gasteiger partial charge in [0.15, 0.2) is 0 Å². The second kappa shape index (κ2) is 12.5. The molecule has 0 saturated heterocycles. The highest BCUT2D eigenvalue weighted by Crippen LogP contribution is 2.18. The number of pyridine rings is 1. The van der Waals surface area contributed by atoms with E-state index >= 15 is 0 Å². The number of nitrogens with zero attached hydrogens (tertiary/aromatic N) is 1. The molecule has 0 unspecified atom stereocenters. The summed E-state index contributed by atoms with van der Waals surface area (Å²) in [6, 6.07) is 15.4. The minimum Gasteiger partial charge on any atom is -0.366 e. The third kappa shape index (κ3) is 6.95. The molecule has 7 nitrogen and oxygen atoms in total. The molecule has 0 bridgehead atoms. The van der Waals surface area contributed by atoms with E-state index in [9.17, 15) is 14.4 Å². The number of nitrogens with two attached hydrogens (primary N) is 2. The fourth-order valence-electron chi connectivity index (χ4n) is 4.19. The van der Waals surface area contributed by atoms with Crippen LogP contribution in [0.25, 0.3) is 16.6 Å². The van der Waals surface area contributed by atoms with Crippen LogP contribution in [0.2, 0.25) is 0 Å². The summed E-state index contributed by atoms with van der Waals surface area (Å²) < 4.78 is 1.53. The number of carbonyl (C=O) groups excluding carboxylic acids is 2. The average Bonchev–Trinajstić information content (AvgIpc) is 3.26. The van der Waals surface area contributed by atoms with Crippen molar-refractivity contribution in [3.63, 3.8) is 0 Å². The number of nitrogens with one attached hydrogen (secondary N) is 1. The number of H-pyrrole nitrogens is 1. The maximum absolute atomic E-state index is 11.7. The van der Waals surface area contributed by atoms with Gasteiger partial charge in [-0.15, -0.1) is 0 Å². The highest BCUT2D eigenvalue weighted by molar-refractivity contribution is 5.97. The normalized spacial score (nSPS) is 12.6. The Morgan fingerprint density at radius 3 is 1.92 bits per heavy atom. The number of aromatic amines is 1. The van der Waals surface area contributed by atoms with E-state index in [-0.39, 0.29) is 5.56 Å². The van der Waals surface area contributed by atoms with Gasteiger partial charge >= 0.3 is 0 Å². The number of amides is 2. The van der Waals surface area contributed by atoms with Crippen LogP contribution in [-0.4, -0.2) is 21.4 Å². The molecule has 1 fully saturated rings. The fourth-order valence-corrected chi connectivity index (χ4v) is 4.19. The summed E-state index contributed by atoms with van der Waals surface area (Å²) in [4.78, 5) is 36.6. The van der Waals surface area contributed by atoms with Crippen LogP contribution >= 0.6 is 0 Å². The van der Waals surface area contributed by atoms with Gasteiger partial charge in [0.1, 0.15) is 0 Å². The van der Waals surface area contributed by atoms with Crippen LogP contribution in [-0.2, 0) is 0 Å². The van der Waals surface area contributed by atoms with E-state index in [1.54, 1.807) is 48.7 Å². The lowest BCUT2D eigenvalue weighted by atomic mass is 10.0. The molecule has 0 aliphatic heterocycles. The third-order valence-corrected chi connectivity index (χ3v) is 6.24. The van der Waals surface area contributed by atoms with E-state index in [0.717, 1.165) is 22.2 Å². The molecule has 1 saturated carbocycles. The van der Waals surface area contributed by atoms with Crippen LogP contribution < -0.4 is 17.0 Å². The van der Waals surface area contributed by atoms with Crippen LogP contribution in [0.1, 0.15) is 70.4 Å². The topological polar surface area (TPSA) is 124 Å². The first-order valence-corrected chi connectivity index (χ1v) is 12.2. The van der Waals surface area contributed by atoms with Crippen molar-refractivity contribution in [1.29, 1.82) is 0 Å². The Morgan fingerprint density at radius 2 is 1.36 bits per heavy atom. The fraction of sp³-hybridized carbons (Fsp3) is 0.276. The molecule has 7 heteroatoms. The SMILES string of the molecule is C1CCCCC1.Cc1c[nH]c2cc(C(N)=O)ccc12.Cc1cc(C(N)=O)ccc1-n1ccccc1=O. The van der Waals surface area contributed by atoms with Gasteiger partial charge in [-0.2, -0.15) is 0 Å². The number of aromatic nitrogens is 2. The Hall–Kier alpha value is -4.13. The number of rotatable bonds is 3. The van der Waals surface area contributed by atoms with Gasteiger partial charge in [0, 0.05) is 40.5 Å². The number of carbonyl (C=O) groups is 2. The molecule has 2 aromatic heterocycles. The summed E-state index contributed by atoms with van der Waals surface area (Å²) in [5, 5.41) is 1.13. The second-order valence-electron chi connectivity index (χ2n) is 8.99. The number of fused-ring (bicyclic) bond motifs is 1. The van der Waals surface area contributed by atoms with Crippen molar-refractivity contribution in [3.05, 3.63) is 99.6 Å². The second-order valence-corrected chi connectivity index (χ2v) is 8.99. The van der Waals surface area contributed by atoms with Gasteiger partial charge in [-0.25, -0.2) is 0 Å². The standard InChI is InChI=1S/C13H12N2O2.C10H10N2O.C6H12/c1-9-8-10(13(14)17)5-6-11(9)15-7-3-2-4-12(15)16;1-6-5-12-9-4-7(10(11)13)2-3-8(6)9;1-2-4-6-5-3-1/h2-8H,1H3,(H2,14,17);2-5,12H,1H3,(H2,11,13);1-6H2. The molecular weight excluding hydrogens is 452 g/mol. The molecule has 1 aliphatic rings. The molecule has 2 heterocycles. The van der Waals surface area contributed by atoms with Crippen molar-refractivity contribution in [3.8, 4) is 5.69 Å². The number of benzene rings is 2. The summed E-state index contributed by atoms with van der Waals surface area (Å²) in [5.74, 6) is -0.866. The van der Waals surface area contributed by atoms with Gasteiger partial charge in [0.2, 0.25) is 11.8 Å². The van der Waals surface area contributed by atoms with E-state index in [1.807, 2.05) is 26.1 Å². The first-order valence-electron chi connectivity index (χ1n) is 12.2. The monoisotopic (exact) mass is 486 g/mol. The number of primary amides is 2. The molecule has 0 radical (unpaired) electrons. The largest absolute Gasteiger partial charge is 0.366 e. The predicted octanol–water partition coefficient (Wildman–Crippen LogP) is 5.16. The maximum Gasteiger partial charge on any atom is 0.255 e. The molecule has 2 amide bonds. The van der Waals surface area contributed by atoms with Crippen molar-refractivity contribution in [2.45, 2.75) is 52.4 Å². The van der Waals surface area contributed by atoms with Crippen LogP contribution in [0, 0.1) is 13.8 Å². The zero-order valence-corrected chi connectivity index (χ0v) is 20.9. The summed E-state index contributed by atoms with van der Waals surface area (Å²) in [6.07, 6.45) is 12.6. The van der Waals surface area contributed by atoms with Gasteiger partial charge in [-0.05, 0) is 61.4 Å². The van der Waals surface area contributed by atoms with Crippen molar-refractivity contribution in [2.75, 3.05) is 0 Å². The minimum absolute atomic E-state index is 0.109. The van der Waals surface area contributed by atoms with Crippen LogP contribution in [0.3, 0.4) is 0 Å². The molecule has 0 spiro atoms. The first-order chi connectivity index (χ1) is 17.3. The molecular formula is C29H34N4O3. The molecule has 188 valence electrons. The highest BCUT2D eigenvalue weighted by atomic mass is 16.1. The Labute approximate surface area is 211 Å². The van der Waals surface area contributed by atoms with Crippen LogP contribution in [0.15, 0.2) is 71.8 Å².